The Morgan fingerprint density at radius 2 is 2.33 bits per heavy atom. The van der Waals surface area contributed by atoms with Gasteiger partial charge in [-0.2, -0.15) is 4.98 Å². The molecule has 0 aliphatic rings. The second kappa shape index (κ2) is 3.78. The lowest BCUT2D eigenvalue weighted by Crippen LogP contribution is -2.17. The highest BCUT2D eigenvalue weighted by molar-refractivity contribution is 5.81. The molecule has 0 spiro atoms. The fraction of sp³-hybridized carbons (Fsp3) is 0.200. The molecule has 0 aliphatic carbocycles. The molecule has 0 fully saturated rings. The maximum Gasteiger partial charge on any atom is 0.345 e. The number of aromatic nitrogens is 2. The van der Waals surface area contributed by atoms with Crippen LogP contribution in [0.25, 0.3) is 10.9 Å². The maximum atomic E-state index is 13.4. The predicted molar refractivity (Wildman–Crippen MR) is 55.1 cm³/mol. The summed E-state index contributed by atoms with van der Waals surface area (Å²) in [7, 11) is 1.75. The molecule has 0 saturated heterocycles. The molecule has 2 rings (SSSR count). The van der Waals surface area contributed by atoms with Gasteiger partial charge in [0, 0.05) is 17.6 Å². The van der Waals surface area contributed by atoms with E-state index in [2.05, 4.69) is 15.3 Å². The van der Waals surface area contributed by atoms with Gasteiger partial charge in [0.15, 0.2) is 0 Å². The summed E-state index contributed by atoms with van der Waals surface area (Å²) in [6, 6.07) is 4.61. The van der Waals surface area contributed by atoms with Crippen LogP contribution in [0.15, 0.2) is 23.0 Å². The summed E-state index contributed by atoms with van der Waals surface area (Å²) in [5.74, 6) is -0.476. The van der Waals surface area contributed by atoms with E-state index in [4.69, 9.17) is 0 Å². The van der Waals surface area contributed by atoms with E-state index < -0.39 is 11.5 Å². The third-order valence-electron chi connectivity index (χ3n) is 2.14. The van der Waals surface area contributed by atoms with Crippen LogP contribution in [0.5, 0.6) is 0 Å². The van der Waals surface area contributed by atoms with Gasteiger partial charge in [0.1, 0.15) is 11.3 Å². The molecule has 0 atom stereocenters. The van der Waals surface area contributed by atoms with Crippen molar-refractivity contribution in [3.8, 4) is 0 Å². The van der Waals surface area contributed by atoms with E-state index >= 15 is 0 Å². The first-order valence-corrected chi connectivity index (χ1v) is 4.54. The number of para-hydroxylation sites is 1. The maximum absolute atomic E-state index is 13.4. The van der Waals surface area contributed by atoms with Crippen LogP contribution in [0.4, 0.5) is 4.39 Å². The molecule has 0 unspecified atom stereocenters. The standard InChI is InChI=1S/C10H10FN3O/c1-12-5-8-6-3-2-4-7(11)9(6)14-10(15)13-8/h2-4,12H,5H2,1H3,(H,13,14,15). The van der Waals surface area contributed by atoms with Gasteiger partial charge in [0.25, 0.3) is 0 Å². The Kier molecular flexibility index (Phi) is 2.47. The fourth-order valence-corrected chi connectivity index (χ4v) is 1.51. The first-order valence-electron chi connectivity index (χ1n) is 4.54. The number of aromatic amines is 1. The molecule has 0 saturated carbocycles. The Hall–Kier alpha value is -1.75. The quantitative estimate of drug-likeness (QED) is 0.765. The van der Waals surface area contributed by atoms with Gasteiger partial charge in [0.2, 0.25) is 0 Å². The Morgan fingerprint density at radius 3 is 3.07 bits per heavy atom. The van der Waals surface area contributed by atoms with E-state index in [-0.39, 0.29) is 5.52 Å². The fourth-order valence-electron chi connectivity index (χ4n) is 1.51. The summed E-state index contributed by atoms with van der Waals surface area (Å²) in [5.41, 5.74) is 0.233. The molecule has 2 aromatic rings. The van der Waals surface area contributed by atoms with Gasteiger partial charge in [-0.15, -0.1) is 0 Å². The number of fused-ring (bicyclic) bond motifs is 1. The summed E-state index contributed by atoms with van der Waals surface area (Å²) in [4.78, 5) is 17.4. The molecule has 1 aromatic heterocycles. The first-order chi connectivity index (χ1) is 7.22. The normalized spacial score (nSPS) is 10.8. The van der Waals surface area contributed by atoms with E-state index in [0.717, 1.165) is 0 Å². The summed E-state index contributed by atoms with van der Waals surface area (Å²) in [5, 5.41) is 3.53. The third-order valence-corrected chi connectivity index (χ3v) is 2.14. The Labute approximate surface area is 85.2 Å². The van der Waals surface area contributed by atoms with Gasteiger partial charge in [-0.1, -0.05) is 12.1 Å². The van der Waals surface area contributed by atoms with E-state index in [1.54, 1.807) is 19.2 Å². The lowest BCUT2D eigenvalue weighted by Gasteiger charge is -2.04. The van der Waals surface area contributed by atoms with Crippen molar-refractivity contribution in [2.45, 2.75) is 6.54 Å². The third kappa shape index (κ3) is 1.73. The van der Waals surface area contributed by atoms with Crippen LogP contribution in [-0.2, 0) is 6.54 Å². The lowest BCUT2D eigenvalue weighted by molar-refractivity contribution is 0.635. The molecule has 1 heterocycles. The van der Waals surface area contributed by atoms with Gasteiger partial charge in [-0.05, 0) is 13.1 Å². The SMILES string of the molecule is CNCc1[nH]c(=O)nc2c(F)cccc12. The van der Waals surface area contributed by atoms with Gasteiger partial charge in [-0.3, -0.25) is 0 Å². The highest BCUT2D eigenvalue weighted by atomic mass is 19.1. The molecular weight excluding hydrogens is 197 g/mol. The predicted octanol–water partition coefficient (Wildman–Crippen LogP) is 0.782. The van der Waals surface area contributed by atoms with Crippen LogP contribution in [-0.4, -0.2) is 17.0 Å². The molecule has 1 aromatic carbocycles. The van der Waals surface area contributed by atoms with Crippen molar-refractivity contribution in [1.82, 2.24) is 15.3 Å². The summed E-state index contributed by atoms with van der Waals surface area (Å²) < 4.78 is 13.4. The summed E-state index contributed by atoms with van der Waals surface area (Å²) >= 11 is 0. The molecule has 5 heteroatoms. The van der Waals surface area contributed by atoms with Crippen molar-refractivity contribution < 1.29 is 4.39 Å². The minimum atomic E-state index is -0.530. The number of hydrogen-bond donors (Lipinski definition) is 2. The molecule has 0 amide bonds. The zero-order chi connectivity index (χ0) is 10.8. The monoisotopic (exact) mass is 207 g/mol. The number of rotatable bonds is 2. The van der Waals surface area contributed by atoms with Gasteiger partial charge >= 0.3 is 5.69 Å². The number of H-pyrrole nitrogens is 1. The smallest absolute Gasteiger partial charge is 0.314 e. The second-order valence-corrected chi connectivity index (χ2v) is 3.19. The van der Waals surface area contributed by atoms with Crippen LogP contribution in [0.1, 0.15) is 5.69 Å². The van der Waals surface area contributed by atoms with Gasteiger partial charge in [0.05, 0.1) is 0 Å². The average molecular weight is 207 g/mol. The highest BCUT2D eigenvalue weighted by Gasteiger charge is 2.07. The van der Waals surface area contributed by atoms with Crippen molar-refractivity contribution in [2.75, 3.05) is 7.05 Å². The van der Waals surface area contributed by atoms with Crippen molar-refractivity contribution in [2.24, 2.45) is 0 Å². The minimum absolute atomic E-state index is 0.117. The summed E-state index contributed by atoms with van der Waals surface area (Å²) in [6.07, 6.45) is 0. The van der Waals surface area contributed by atoms with Crippen LogP contribution in [0, 0.1) is 5.82 Å². The molecule has 4 nitrogen and oxygen atoms in total. The largest absolute Gasteiger partial charge is 0.345 e. The van der Waals surface area contributed by atoms with Crippen molar-refractivity contribution in [1.29, 1.82) is 0 Å². The van der Waals surface area contributed by atoms with Gasteiger partial charge in [-0.25, -0.2) is 9.18 Å². The zero-order valence-electron chi connectivity index (χ0n) is 8.17. The Balaban J connectivity index is 2.80. The number of nitrogens with zero attached hydrogens (tertiary/aromatic N) is 1. The number of benzene rings is 1. The minimum Gasteiger partial charge on any atom is -0.314 e. The van der Waals surface area contributed by atoms with Crippen LogP contribution in [0.3, 0.4) is 0 Å². The zero-order valence-corrected chi connectivity index (χ0v) is 8.17. The Bertz CT molecular complexity index is 550. The van der Waals surface area contributed by atoms with Crippen molar-refractivity contribution in [3.05, 3.63) is 40.2 Å². The molecule has 0 bridgehead atoms. The molecule has 0 aliphatic heterocycles. The number of halogens is 1. The highest BCUT2D eigenvalue weighted by Crippen LogP contribution is 2.15. The Morgan fingerprint density at radius 1 is 1.53 bits per heavy atom. The van der Waals surface area contributed by atoms with E-state index in [1.165, 1.54) is 6.07 Å². The molecule has 78 valence electrons. The average Bonchev–Trinajstić information content (AvgIpc) is 2.20. The molecule has 2 N–H and O–H groups in total. The van der Waals surface area contributed by atoms with E-state index in [0.29, 0.717) is 17.6 Å². The van der Waals surface area contributed by atoms with E-state index in [9.17, 15) is 9.18 Å². The van der Waals surface area contributed by atoms with E-state index in [1.807, 2.05) is 0 Å². The van der Waals surface area contributed by atoms with Crippen molar-refractivity contribution >= 4 is 10.9 Å². The van der Waals surface area contributed by atoms with Crippen LogP contribution >= 0.6 is 0 Å². The molecular formula is C10H10FN3O. The molecule has 0 radical (unpaired) electrons. The lowest BCUT2D eigenvalue weighted by atomic mass is 10.2. The van der Waals surface area contributed by atoms with Gasteiger partial charge < -0.3 is 10.3 Å². The van der Waals surface area contributed by atoms with Crippen molar-refractivity contribution in [3.63, 3.8) is 0 Å². The summed E-state index contributed by atoms with van der Waals surface area (Å²) in [6.45, 7) is 0.470. The number of hydrogen-bond acceptors (Lipinski definition) is 3. The van der Waals surface area contributed by atoms with Crippen LogP contribution < -0.4 is 11.0 Å². The second-order valence-electron chi connectivity index (χ2n) is 3.19. The van der Waals surface area contributed by atoms with Crippen LogP contribution in [0.2, 0.25) is 0 Å². The number of nitrogens with one attached hydrogen (secondary N) is 2. The first kappa shape index (κ1) is 9.79. The topological polar surface area (TPSA) is 57.8 Å². The molecule has 15 heavy (non-hydrogen) atoms.